The zero-order valence-corrected chi connectivity index (χ0v) is 12.1. The van der Waals surface area contributed by atoms with Gasteiger partial charge in [0.05, 0.1) is 10.8 Å². The number of nitrogens with one attached hydrogen (secondary N) is 2. The molecule has 0 aromatic carbocycles. The van der Waals surface area contributed by atoms with E-state index in [4.69, 9.17) is 0 Å². The number of hydrogen-bond donors (Lipinski definition) is 2. The molecule has 1 fully saturated rings. The standard InChI is InChI=1S/C11H10BrN3O3S/c12-6-3-8-9(5-14-10(8)13-4-6)11(16)15-19(17,18)7-1-2-7/h3-5,7H,1-2H2,(H,13,14)(H,15,16). The highest BCUT2D eigenvalue weighted by Crippen LogP contribution is 2.28. The molecule has 0 spiro atoms. The van der Waals surface area contributed by atoms with E-state index in [9.17, 15) is 13.2 Å². The Morgan fingerprint density at radius 3 is 2.89 bits per heavy atom. The Morgan fingerprint density at radius 1 is 1.47 bits per heavy atom. The summed E-state index contributed by atoms with van der Waals surface area (Å²) in [5, 5.41) is 0.157. The van der Waals surface area contributed by atoms with Gasteiger partial charge in [-0.1, -0.05) is 0 Å². The van der Waals surface area contributed by atoms with Crippen LogP contribution in [0.3, 0.4) is 0 Å². The molecule has 2 heterocycles. The zero-order valence-electron chi connectivity index (χ0n) is 9.68. The number of amides is 1. The van der Waals surface area contributed by atoms with Gasteiger partial charge in [-0.2, -0.15) is 0 Å². The molecule has 0 radical (unpaired) electrons. The van der Waals surface area contributed by atoms with Crippen LogP contribution in [-0.2, 0) is 10.0 Å². The molecule has 19 heavy (non-hydrogen) atoms. The smallest absolute Gasteiger partial charge is 0.266 e. The maximum Gasteiger partial charge on any atom is 0.266 e. The van der Waals surface area contributed by atoms with Gasteiger partial charge in [0.15, 0.2) is 0 Å². The van der Waals surface area contributed by atoms with E-state index < -0.39 is 21.2 Å². The lowest BCUT2D eigenvalue weighted by atomic mass is 10.2. The molecule has 2 aromatic heterocycles. The summed E-state index contributed by atoms with van der Waals surface area (Å²) in [6, 6.07) is 1.72. The number of sulfonamides is 1. The molecule has 8 heteroatoms. The fourth-order valence-electron chi connectivity index (χ4n) is 1.81. The lowest BCUT2D eigenvalue weighted by Gasteiger charge is -2.04. The number of H-pyrrole nitrogens is 1. The molecule has 6 nitrogen and oxygen atoms in total. The lowest BCUT2D eigenvalue weighted by molar-refractivity contribution is 0.0983. The summed E-state index contributed by atoms with van der Waals surface area (Å²) in [7, 11) is -3.54. The van der Waals surface area contributed by atoms with Gasteiger partial charge in [-0.05, 0) is 34.8 Å². The molecule has 100 valence electrons. The van der Waals surface area contributed by atoms with Gasteiger partial charge in [0.1, 0.15) is 5.65 Å². The van der Waals surface area contributed by atoms with Gasteiger partial charge < -0.3 is 4.98 Å². The number of aromatic amines is 1. The first-order valence-corrected chi connectivity index (χ1v) is 8.00. The number of pyridine rings is 1. The van der Waals surface area contributed by atoms with Crippen molar-refractivity contribution in [1.29, 1.82) is 0 Å². The van der Waals surface area contributed by atoms with Gasteiger partial charge >= 0.3 is 0 Å². The average molecular weight is 344 g/mol. The molecular formula is C11H10BrN3O3S. The molecule has 2 N–H and O–H groups in total. The Kier molecular flexibility index (Phi) is 2.86. The van der Waals surface area contributed by atoms with Crippen LogP contribution in [0.2, 0.25) is 0 Å². The quantitative estimate of drug-likeness (QED) is 0.884. The van der Waals surface area contributed by atoms with Crippen LogP contribution in [-0.4, -0.2) is 29.5 Å². The average Bonchev–Trinajstić information content (AvgIpc) is 3.10. The van der Waals surface area contributed by atoms with Crippen LogP contribution in [0.4, 0.5) is 0 Å². The first kappa shape index (κ1) is 12.6. The van der Waals surface area contributed by atoms with Crippen molar-refractivity contribution in [2.45, 2.75) is 18.1 Å². The van der Waals surface area contributed by atoms with Crippen molar-refractivity contribution in [1.82, 2.24) is 14.7 Å². The number of fused-ring (bicyclic) bond motifs is 1. The number of carbonyl (C=O) groups excluding carboxylic acids is 1. The fraction of sp³-hybridized carbons (Fsp3) is 0.273. The molecule has 0 atom stereocenters. The van der Waals surface area contributed by atoms with Crippen molar-refractivity contribution in [2.75, 3.05) is 0 Å². The Labute approximate surface area is 117 Å². The van der Waals surface area contributed by atoms with Crippen molar-refractivity contribution >= 4 is 42.9 Å². The Hall–Kier alpha value is -1.41. The van der Waals surface area contributed by atoms with Crippen molar-refractivity contribution in [3.05, 3.63) is 28.5 Å². The lowest BCUT2D eigenvalue weighted by Crippen LogP contribution is -2.33. The van der Waals surface area contributed by atoms with Crippen LogP contribution in [0.15, 0.2) is 22.9 Å². The van der Waals surface area contributed by atoms with Crippen LogP contribution in [0.1, 0.15) is 23.2 Å². The summed E-state index contributed by atoms with van der Waals surface area (Å²) >= 11 is 3.27. The Morgan fingerprint density at radius 2 is 2.21 bits per heavy atom. The number of nitrogens with zero attached hydrogens (tertiary/aromatic N) is 1. The van der Waals surface area contributed by atoms with E-state index in [1.54, 1.807) is 12.3 Å². The van der Waals surface area contributed by atoms with Crippen LogP contribution in [0.5, 0.6) is 0 Å². The monoisotopic (exact) mass is 343 g/mol. The second-order valence-corrected chi connectivity index (χ2v) is 7.30. The third-order valence-corrected chi connectivity index (χ3v) is 5.19. The molecule has 0 unspecified atom stereocenters. The van der Waals surface area contributed by atoms with E-state index >= 15 is 0 Å². The SMILES string of the molecule is O=C(NS(=O)(=O)C1CC1)c1c[nH]c2ncc(Br)cc12. The highest BCUT2D eigenvalue weighted by atomic mass is 79.9. The summed E-state index contributed by atoms with van der Waals surface area (Å²) < 4.78 is 26.3. The molecule has 0 aliphatic heterocycles. The first-order chi connectivity index (χ1) is 8.97. The van der Waals surface area contributed by atoms with E-state index in [2.05, 4.69) is 30.6 Å². The minimum Gasteiger partial charge on any atom is -0.345 e. The molecule has 0 saturated heterocycles. The summed E-state index contributed by atoms with van der Waals surface area (Å²) in [4.78, 5) is 19.0. The third kappa shape index (κ3) is 2.37. The number of hydrogen-bond acceptors (Lipinski definition) is 4. The Balaban J connectivity index is 1.95. The summed E-state index contributed by atoms with van der Waals surface area (Å²) in [5.41, 5.74) is 0.810. The minimum atomic E-state index is -3.54. The Bertz CT molecular complexity index is 765. The fourth-order valence-corrected chi connectivity index (χ4v) is 3.43. The van der Waals surface area contributed by atoms with E-state index in [1.807, 2.05) is 0 Å². The van der Waals surface area contributed by atoms with Gasteiger partial charge in [-0.25, -0.2) is 18.1 Å². The van der Waals surface area contributed by atoms with Gasteiger partial charge in [0.2, 0.25) is 10.0 Å². The van der Waals surface area contributed by atoms with E-state index in [0.717, 1.165) is 4.47 Å². The number of halogens is 1. The second-order valence-electron chi connectivity index (χ2n) is 4.43. The van der Waals surface area contributed by atoms with E-state index in [1.165, 1.54) is 6.20 Å². The van der Waals surface area contributed by atoms with Gasteiger partial charge in [-0.15, -0.1) is 0 Å². The maximum absolute atomic E-state index is 12.0. The second kappa shape index (κ2) is 4.31. The van der Waals surface area contributed by atoms with Crippen LogP contribution >= 0.6 is 15.9 Å². The van der Waals surface area contributed by atoms with Crippen LogP contribution < -0.4 is 4.72 Å². The molecule has 1 amide bonds. The van der Waals surface area contributed by atoms with Gasteiger partial charge in [0.25, 0.3) is 5.91 Å². The van der Waals surface area contributed by atoms with E-state index in [-0.39, 0.29) is 5.56 Å². The topological polar surface area (TPSA) is 91.9 Å². The molecule has 2 aromatic rings. The zero-order chi connectivity index (χ0) is 13.6. The predicted octanol–water partition coefficient (Wildman–Crippen LogP) is 1.55. The van der Waals surface area contributed by atoms with Crippen LogP contribution in [0, 0.1) is 0 Å². The number of rotatable bonds is 3. The molecule has 1 aliphatic rings. The van der Waals surface area contributed by atoms with E-state index in [0.29, 0.717) is 23.9 Å². The van der Waals surface area contributed by atoms with Gasteiger partial charge in [-0.3, -0.25) is 4.79 Å². The van der Waals surface area contributed by atoms with Crippen molar-refractivity contribution in [2.24, 2.45) is 0 Å². The normalized spacial score (nSPS) is 15.6. The first-order valence-electron chi connectivity index (χ1n) is 5.66. The number of aromatic nitrogens is 2. The molecule has 3 rings (SSSR count). The number of carbonyl (C=O) groups is 1. The van der Waals surface area contributed by atoms with Crippen molar-refractivity contribution in [3.63, 3.8) is 0 Å². The van der Waals surface area contributed by atoms with Crippen molar-refractivity contribution < 1.29 is 13.2 Å². The predicted molar refractivity (Wildman–Crippen MR) is 73.2 cm³/mol. The minimum absolute atomic E-state index is 0.271. The maximum atomic E-state index is 12.0. The van der Waals surface area contributed by atoms with Crippen LogP contribution in [0.25, 0.3) is 11.0 Å². The highest BCUT2D eigenvalue weighted by Gasteiger charge is 2.37. The highest BCUT2D eigenvalue weighted by molar-refractivity contribution is 9.10. The van der Waals surface area contributed by atoms with Crippen molar-refractivity contribution in [3.8, 4) is 0 Å². The van der Waals surface area contributed by atoms with Gasteiger partial charge in [0, 0.05) is 22.3 Å². The molecular weight excluding hydrogens is 334 g/mol. The summed E-state index contributed by atoms with van der Waals surface area (Å²) in [5.74, 6) is -0.627. The third-order valence-electron chi connectivity index (χ3n) is 2.94. The molecule has 0 bridgehead atoms. The summed E-state index contributed by atoms with van der Waals surface area (Å²) in [6.07, 6.45) is 4.29. The largest absolute Gasteiger partial charge is 0.345 e. The molecule has 1 aliphatic carbocycles. The summed E-state index contributed by atoms with van der Waals surface area (Å²) in [6.45, 7) is 0. The molecule has 1 saturated carbocycles.